The van der Waals surface area contributed by atoms with Crippen molar-refractivity contribution in [2.75, 3.05) is 11.7 Å². The third kappa shape index (κ3) is 1.42. The van der Waals surface area contributed by atoms with Gasteiger partial charge < -0.3 is 14.2 Å². The van der Waals surface area contributed by atoms with Gasteiger partial charge in [-0.3, -0.25) is 9.59 Å². The molecular formula is C17H15NO5. The van der Waals surface area contributed by atoms with Gasteiger partial charge in [-0.1, -0.05) is 12.2 Å². The van der Waals surface area contributed by atoms with Crippen LogP contribution < -0.4 is 14.4 Å². The van der Waals surface area contributed by atoms with E-state index in [4.69, 9.17) is 14.2 Å². The van der Waals surface area contributed by atoms with Crippen molar-refractivity contribution in [3.8, 4) is 11.5 Å². The van der Waals surface area contributed by atoms with E-state index in [2.05, 4.69) is 0 Å². The molecule has 2 amide bonds. The van der Waals surface area contributed by atoms with Crippen molar-refractivity contribution in [3.63, 3.8) is 0 Å². The van der Waals surface area contributed by atoms with E-state index in [0.29, 0.717) is 17.2 Å². The van der Waals surface area contributed by atoms with Gasteiger partial charge in [0.1, 0.15) is 0 Å². The number of carbonyl (C=O) groups excluding carboxylic acids is 2. The molecule has 1 aromatic rings. The van der Waals surface area contributed by atoms with E-state index in [-0.39, 0.29) is 18.6 Å². The number of benzene rings is 1. The number of hydrogen-bond donors (Lipinski definition) is 0. The van der Waals surface area contributed by atoms with Crippen LogP contribution in [0.1, 0.15) is 13.8 Å². The van der Waals surface area contributed by atoms with Crippen LogP contribution >= 0.6 is 0 Å². The highest BCUT2D eigenvalue weighted by Crippen LogP contribution is 2.57. The van der Waals surface area contributed by atoms with E-state index in [1.54, 1.807) is 18.2 Å². The molecule has 0 aliphatic carbocycles. The minimum Gasteiger partial charge on any atom is -0.454 e. The lowest BCUT2D eigenvalue weighted by molar-refractivity contribution is -0.128. The molecule has 4 atom stereocenters. The van der Waals surface area contributed by atoms with Gasteiger partial charge in [0, 0.05) is 6.07 Å². The molecule has 6 nitrogen and oxygen atoms in total. The Balaban J connectivity index is 1.60. The van der Waals surface area contributed by atoms with Gasteiger partial charge in [0.2, 0.25) is 18.6 Å². The fraction of sp³-hybridized carbons (Fsp3) is 0.412. The fourth-order valence-electron chi connectivity index (χ4n) is 4.31. The highest BCUT2D eigenvalue weighted by Gasteiger charge is 2.70. The molecule has 2 bridgehead atoms. The zero-order valence-corrected chi connectivity index (χ0v) is 12.7. The summed E-state index contributed by atoms with van der Waals surface area (Å²) in [6.45, 7) is 3.89. The van der Waals surface area contributed by atoms with Crippen LogP contribution in [0, 0.1) is 11.8 Å². The predicted octanol–water partition coefficient (Wildman–Crippen LogP) is 1.64. The van der Waals surface area contributed by atoms with E-state index >= 15 is 0 Å². The van der Waals surface area contributed by atoms with Crippen LogP contribution in [-0.4, -0.2) is 29.8 Å². The summed E-state index contributed by atoms with van der Waals surface area (Å²) >= 11 is 0. The monoisotopic (exact) mass is 313 g/mol. The fourth-order valence-corrected chi connectivity index (χ4v) is 4.31. The second-order valence-electron chi connectivity index (χ2n) is 6.81. The summed E-state index contributed by atoms with van der Waals surface area (Å²) in [5.74, 6) is -0.207. The first-order valence-electron chi connectivity index (χ1n) is 7.61. The summed E-state index contributed by atoms with van der Waals surface area (Å²) in [4.78, 5) is 27.2. The number of amides is 2. The number of anilines is 1. The lowest BCUT2D eigenvalue weighted by Gasteiger charge is -2.25. The van der Waals surface area contributed by atoms with Crippen LogP contribution in [0.25, 0.3) is 0 Å². The summed E-state index contributed by atoms with van der Waals surface area (Å²) in [5.41, 5.74) is -0.903. The second kappa shape index (κ2) is 3.76. The molecule has 0 radical (unpaired) electrons. The number of nitrogens with zero attached hydrogens (tertiary/aromatic N) is 1. The molecule has 1 aromatic carbocycles. The van der Waals surface area contributed by atoms with Crippen molar-refractivity contribution in [1.29, 1.82) is 0 Å². The zero-order chi connectivity index (χ0) is 16.0. The van der Waals surface area contributed by atoms with Crippen molar-refractivity contribution < 1.29 is 23.8 Å². The first kappa shape index (κ1) is 13.1. The molecule has 0 spiro atoms. The van der Waals surface area contributed by atoms with E-state index in [1.807, 2.05) is 26.0 Å². The zero-order valence-electron chi connectivity index (χ0n) is 12.7. The Labute approximate surface area is 132 Å². The Morgan fingerprint density at radius 2 is 1.61 bits per heavy atom. The van der Waals surface area contributed by atoms with E-state index < -0.39 is 23.0 Å². The first-order valence-corrected chi connectivity index (χ1v) is 7.61. The summed E-state index contributed by atoms with van der Waals surface area (Å²) in [6.07, 6.45) is 3.81. The van der Waals surface area contributed by atoms with Crippen molar-refractivity contribution in [2.24, 2.45) is 11.8 Å². The van der Waals surface area contributed by atoms with E-state index in [1.165, 1.54) is 4.90 Å². The van der Waals surface area contributed by atoms with Gasteiger partial charge in [-0.25, -0.2) is 4.90 Å². The quantitative estimate of drug-likeness (QED) is 0.582. The van der Waals surface area contributed by atoms with Gasteiger partial charge in [-0.15, -0.1) is 0 Å². The Bertz CT molecular complexity index is 766. The SMILES string of the molecule is C[C@@]12C=C[C@](C)(O1)[C@H]1C(=O)N(c3ccc4c(c3)OCO4)C(=O)[C@H]12. The number of rotatable bonds is 1. The maximum Gasteiger partial charge on any atom is 0.241 e. The number of imide groups is 1. The lowest BCUT2D eigenvalue weighted by atomic mass is 9.73. The van der Waals surface area contributed by atoms with Gasteiger partial charge >= 0.3 is 0 Å². The molecule has 0 N–H and O–H groups in total. The molecule has 0 saturated carbocycles. The highest BCUT2D eigenvalue weighted by molar-refractivity contribution is 6.23. The van der Waals surface area contributed by atoms with Crippen LogP contribution in [0.15, 0.2) is 30.4 Å². The molecule has 4 aliphatic rings. The average molecular weight is 313 g/mol. The van der Waals surface area contributed by atoms with Gasteiger partial charge in [-0.2, -0.15) is 0 Å². The molecule has 2 fully saturated rings. The summed E-state index contributed by atoms with van der Waals surface area (Å²) in [6, 6.07) is 5.12. The van der Waals surface area contributed by atoms with E-state index in [9.17, 15) is 9.59 Å². The Kier molecular flexibility index (Phi) is 2.15. The molecular weight excluding hydrogens is 298 g/mol. The van der Waals surface area contributed by atoms with Crippen LogP contribution in [0.3, 0.4) is 0 Å². The normalized spacial score (nSPS) is 39.5. The third-order valence-electron chi connectivity index (χ3n) is 5.34. The molecule has 6 heteroatoms. The van der Waals surface area contributed by atoms with Crippen molar-refractivity contribution >= 4 is 17.5 Å². The van der Waals surface area contributed by atoms with Crippen molar-refractivity contribution in [2.45, 2.75) is 25.0 Å². The molecule has 2 saturated heterocycles. The molecule has 4 aliphatic heterocycles. The molecule has 0 aromatic heterocycles. The predicted molar refractivity (Wildman–Crippen MR) is 79.1 cm³/mol. The number of fused-ring (bicyclic) bond motifs is 6. The Morgan fingerprint density at radius 1 is 1.00 bits per heavy atom. The minimum atomic E-state index is -0.711. The summed E-state index contributed by atoms with van der Waals surface area (Å²) < 4.78 is 16.6. The van der Waals surface area contributed by atoms with Gasteiger partial charge in [0.15, 0.2) is 11.5 Å². The number of ether oxygens (including phenoxy) is 3. The standard InChI is InChI=1S/C17H15NO5/c1-16-5-6-17(2,23-16)13-12(16)14(19)18(15(13)20)9-3-4-10-11(7-9)22-8-21-10/h3-7,12-13H,8H2,1-2H3/t12-,13+,16-,17-/m0/s1. The highest BCUT2D eigenvalue weighted by atomic mass is 16.7. The lowest BCUT2D eigenvalue weighted by Crippen LogP contribution is -2.39. The third-order valence-corrected chi connectivity index (χ3v) is 5.34. The maximum absolute atomic E-state index is 13.0. The van der Waals surface area contributed by atoms with Gasteiger partial charge in [0.25, 0.3) is 0 Å². The number of carbonyl (C=O) groups is 2. The second-order valence-corrected chi connectivity index (χ2v) is 6.81. The summed E-state index contributed by atoms with van der Waals surface area (Å²) in [7, 11) is 0. The first-order chi connectivity index (χ1) is 10.9. The van der Waals surface area contributed by atoms with Crippen molar-refractivity contribution in [1.82, 2.24) is 0 Å². The average Bonchev–Trinajstić information content (AvgIpc) is 3.19. The van der Waals surface area contributed by atoms with Crippen LogP contribution in [0.2, 0.25) is 0 Å². The van der Waals surface area contributed by atoms with Gasteiger partial charge in [0.05, 0.1) is 28.7 Å². The Morgan fingerprint density at radius 3 is 2.26 bits per heavy atom. The van der Waals surface area contributed by atoms with Crippen molar-refractivity contribution in [3.05, 3.63) is 30.4 Å². The van der Waals surface area contributed by atoms with E-state index in [0.717, 1.165) is 0 Å². The van der Waals surface area contributed by atoms with Gasteiger partial charge in [-0.05, 0) is 26.0 Å². The summed E-state index contributed by atoms with van der Waals surface area (Å²) in [5, 5.41) is 0. The smallest absolute Gasteiger partial charge is 0.241 e. The molecule has 4 heterocycles. The number of hydrogen-bond acceptors (Lipinski definition) is 5. The maximum atomic E-state index is 13.0. The minimum absolute atomic E-state index is 0.153. The topological polar surface area (TPSA) is 65.1 Å². The molecule has 0 unspecified atom stereocenters. The largest absolute Gasteiger partial charge is 0.454 e. The molecule has 118 valence electrons. The van der Waals surface area contributed by atoms with Crippen LogP contribution in [0.5, 0.6) is 11.5 Å². The van der Waals surface area contributed by atoms with Crippen LogP contribution in [-0.2, 0) is 14.3 Å². The van der Waals surface area contributed by atoms with Crippen LogP contribution in [0.4, 0.5) is 5.69 Å². The Hall–Kier alpha value is -2.34. The molecule has 23 heavy (non-hydrogen) atoms. The molecule has 5 rings (SSSR count).